The molecule has 0 bridgehead atoms. The molecule has 0 atom stereocenters. The quantitative estimate of drug-likeness (QED) is 0.789. The number of ketones is 1. The van der Waals surface area contributed by atoms with Crippen molar-refractivity contribution in [3.8, 4) is 0 Å². The third-order valence-corrected chi connectivity index (χ3v) is 3.91. The third kappa shape index (κ3) is 2.78. The van der Waals surface area contributed by atoms with Gasteiger partial charge in [-0.05, 0) is 30.5 Å². The number of hydrogen-bond acceptors (Lipinski definition) is 1. The SMILES string of the molecule is O=C(Cc1ccc(Cl)c(Cl)c1)C1CCCC1. The Balaban J connectivity index is 2.02. The highest BCUT2D eigenvalue weighted by molar-refractivity contribution is 6.42. The first-order chi connectivity index (χ1) is 7.66. The van der Waals surface area contributed by atoms with Crippen LogP contribution >= 0.6 is 23.2 Å². The Morgan fingerprint density at radius 2 is 1.88 bits per heavy atom. The molecule has 1 aromatic rings. The van der Waals surface area contributed by atoms with Crippen molar-refractivity contribution in [2.45, 2.75) is 32.1 Å². The van der Waals surface area contributed by atoms with Gasteiger partial charge in [0, 0.05) is 12.3 Å². The van der Waals surface area contributed by atoms with E-state index in [9.17, 15) is 4.79 Å². The molecule has 1 fully saturated rings. The predicted molar refractivity (Wildman–Crippen MR) is 67.1 cm³/mol. The highest BCUT2D eigenvalue weighted by Crippen LogP contribution is 2.28. The van der Waals surface area contributed by atoms with Gasteiger partial charge in [-0.25, -0.2) is 0 Å². The van der Waals surface area contributed by atoms with Crippen molar-refractivity contribution in [3.05, 3.63) is 33.8 Å². The summed E-state index contributed by atoms with van der Waals surface area (Å²) in [4.78, 5) is 11.9. The number of carbonyl (C=O) groups excluding carboxylic acids is 1. The Bertz CT molecular complexity index is 395. The lowest BCUT2D eigenvalue weighted by molar-refractivity contribution is -0.122. The highest BCUT2D eigenvalue weighted by Gasteiger charge is 2.22. The second kappa shape index (κ2) is 5.20. The van der Waals surface area contributed by atoms with Crippen LogP contribution in [0.5, 0.6) is 0 Å². The van der Waals surface area contributed by atoms with Crippen LogP contribution in [0.1, 0.15) is 31.2 Å². The number of hydrogen-bond donors (Lipinski definition) is 0. The van der Waals surface area contributed by atoms with Crippen molar-refractivity contribution in [3.63, 3.8) is 0 Å². The maximum Gasteiger partial charge on any atom is 0.140 e. The summed E-state index contributed by atoms with van der Waals surface area (Å²) in [6.07, 6.45) is 4.98. The second-order valence-corrected chi connectivity index (χ2v) is 5.19. The summed E-state index contributed by atoms with van der Waals surface area (Å²) < 4.78 is 0. The molecule has 1 aromatic carbocycles. The number of rotatable bonds is 3. The molecule has 0 spiro atoms. The largest absolute Gasteiger partial charge is 0.299 e. The van der Waals surface area contributed by atoms with Crippen LogP contribution in [-0.2, 0) is 11.2 Å². The molecule has 0 heterocycles. The molecule has 16 heavy (non-hydrogen) atoms. The average Bonchev–Trinajstić information content (AvgIpc) is 2.77. The van der Waals surface area contributed by atoms with Crippen molar-refractivity contribution in [1.82, 2.24) is 0 Å². The van der Waals surface area contributed by atoms with E-state index >= 15 is 0 Å². The summed E-state index contributed by atoms with van der Waals surface area (Å²) in [5, 5.41) is 1.07. The van der Waals surface area contributed by atoms with Gasteiger partial charge in [0.1, 0.15) is 5.78 Å². The molecular weight excluding hydrogens is 243 g/mol. The summed E-state index contributed by atoms with van der Waals surface area (Å²) in [5.41, 5.74) is 0.964. The topological polar surface area (TPSA) is 17.1 Å². The van der Waals surface area contributed by atoms with Crippen molar-refractivity contribution in [1.29, 1.82) is 0 Å². The van der Waals surface area contributed by atoms with Crippen LogP contribution in [0.25, 0.3) is 0 Å². The van der Waals surface area contributed by atoms with Gasteiger partial charge in [0.2, 0.25) is 0 Å². The molecule has 0 amide bonds. The standard InChI is InChI=1S/C13H14Cl2O/c14-11-6-5-9(7-12(11)15)8-13(16)10-3-1-2-4-10/h5-7,10H,1-4,8H2. The van der Waals surface area contributed by atoms with Crippen LogP contribution in [0.4, 0.5) is 0 Å². The second-order valence-electron chi connectivity index (χ2n) is 4.37. The molecule has 0 N–H and O–H groups in total. The molecular formula is C13H14Cl2O. The molecule has 1 nitrogen and oxygen atoms in total. The predicted octanol–water partition coefficient (Wildman–Crippen LogP) is 4.30. The Morgan fingerprint density at radius 1 is 1.19 bits per heavy atom. The van der Waals surface area contributed by atoms with Gasteiger partial charge in [0.25, 0.3) is 0 Å². The first-order valence-corrected chi connectivity index (χ1v) is 6.39. The Kier molecular flexibility index (Phi) is 3.88. The fourth-order valence-corrected chi connectivity index (χ4v) is 2.56. The number of halogens is 2. The number of benzene rings is 1. The van der Waals surface area contributed by atoms with E-state index in [4.69, 9.17) is 23.2 Å². The van der Waals surface area contributed by atoms with Crippen molar-refractivity contribution < 1.29 is 4.79 Å². The molecule has 86 valence electrons. The highest BCUT2D eigenvalue weighted by atomic mass is 35.5. The summed E-state index contributed by atoms with van der Waals surface area (Å²) in [6.45, 7) is 0. The lowest BCUT2D eigenvalue weighted by Crippen LogP contribution is -2.13. The van der Waals surface area contributed by atoms with Crippen LogP contribution < -0.4 is 0 Å². The first kappa shape index (κ1) is 11.9. The number of carbonyl (C=O) groups is 1. The smallest absolute Gasteiger partial charge is 0.140 e. The van der Waals surface area contributed by atoms with Crippen molar-refractivity contribution in [2.75, 3.05) is 0 Å². The van der Waals surface area contributed by atoms with Gasteiger partial charge < -0.3 is 0 Å². The summed E-state index contributed by atoms with van der Waals surface area (Å²) in [6, 6.07) is 5.42. The van der Waals surface area contributed by atoms with E-state index in [0.717, 1.165) is 18.4 Å². The van der Waals surface area contributed by atoms with Crippen LogP contribution in [0.3, 0.4) is 0 Å². The summed E-state index contributed by atoms with van der Waals surface area (Å²) in [5.74, 6) is 0.616. The van der Waals surface area contributed by atoms with E-state index < -0.39 is 0 Å². The minimum Gasteiger partial charge on any atom is -0.299 e. The zero-order chi connectivity index (χ0) is 11.5. The molecule has 0 unspecified atom stereocenters. The Hall–Kier alpha value is -0.530. The molecule has 3 heteroatoms. The van der Waals surface area contributed by atoms with Crippen molar-refractivity contribution in [2.24, 2.45) is 5.92 Å². The van der Waals surface area contributed by atoms with E-state index in [1.165, 1.54) is 12.8 Å². The van der Waals surface area contributed by atoms with Gasteiger partial charge >= 0.3 is 0 Å². The third-order valence-electron chi connectivity index (χ3n) is 3.17. The zero-order valence-corrected chi connectivity index (χ0v) is 10.5. The summed E-state index contributed by atoms with van der Waals surface area (Å²) >= 11 is 11.7. The average molecular weight is 257 g/mol. The molecule has 0 radical (unpaired) electrons. The van der Waals surface area contributed by atoms with Crippen LogP contribution in [0.15, 0.2) is 18.2 Å². The molecule has 0 aromatic heterocycles. The minimum atomic E-state index is 0.273. The maximum absolute atomic E-state index is 11.9. The molecule has 1 saturated carbocycles. The van der Waals surface area contributed by atoms with Gasteiger partial charge in [-0.3, -0.25) is 4.79 Å². The summed E-state index contributed by atoms with van der Waals surface area (Å²) in [7, 11) is 0. The monoisotopic (exact) mass is 256 g/mol. The van der Waals surface area contributed by atoms with Crippen LogP contribution in [-0.4, -0.2) is 5.78 Å². The minimum absolute atomic E-state index is 0.273. The molecule has 1 aliphatic rings. The van der Waals surface area contributed by atoms with Gasteiger partial charge in [-0.15, -0.1) is 0 Å². The van der Waals surface area contributed by atoms with Gasteiger partial charge in [-0.1, -0.05) is 42.1 Å². The van der Waals surface area contributed by atoms with Gasteiger partial charge in [0.05, 0.1) is 10.0 Å². The molecule has 1 aliphatic carbocycles. The lowest BCUT2D eigenvalue weighted by Gasteiger charge is -2.08. The van der Waals surface area contributed by atoms with Crippen LogP contribution in [0.2, 0.25) is 10.0 Å². The van der Waals surface area contributed by atoms with E-state index in [1.54, 1.807) is 12.1 Å². The zero-order valence-electron chi connectivity index (χ0n) is 9.01. The number of Topliss-reactive ketones (excluding diaryl/α,β-unsaturated/α-hetero) is 1. The van der Waals surface area contributed by atoms with E-state index in [1.807, 2.05) is 6.07 Å². The molecule has 0 aliphatic heterocycles. The Labute approximate surface area is 106 Å². The fourth-order valence-electron chi connectivity index (χ4n) is 2.24. The molecule has 0 saturated heterocycles. The van der Waals surface area contributed by atoms with Gasteiger partial charge in [-0.2, -0.15) is 0 Å². The Morgan fingerprint density at radius 3 is 2.50 bits per heavy atom. The molecule has 2 rings (SSSR count). The normalized spacial score (nSPS) is 16.6. The van der Waals surface area contributed by atoms with E-state index in [2.05, 4.69) is 0 Å². The van der Waals surface area contributed by atoms with Gasteiger partial charge in [0.15, 0.2) is 0 Å². The van der Waals surface area contributed by atoms with Crippen LogP contribution in [0, 0.1) is 5.92 Å². The van der Waals surface area contributed by atoms with E-state index in [0.29, 0.717) is 22.2 Å². The first-order valence-electron chi connectivity index (χ1n) is 5.63. The fraction of sp³-hybridized carbons (Fsp3) is 0.462. The maximum atomic E-state index is 11.9. The van der Waals surface area contributed by atoms with Crippen molar-refractivity contribution >= 4 is 29.0 Å². The van der Waals surface area contributed by atoms with E-state index in [-0.39, 0.29) is 5.92 Å². The lowest BCUT2D eigenvalue weighted by atomic mass is 9.97.